The van der Waals surface area contributed by atoms with Gasteiger partial charge in [-0.25, -0.2) is 4.98 Å². The third-order valence-electron chi connectivity index (χ3n) is 5.75. The number of guanidine groups is 1. The molecule has 2 fully saturated rings. The van der Waals surface area contributed by atoms with Crippen LogP contribution in [0.15, 0.2) is 40.8 Å². The van der Waals surface area contributed by atoms with Gasteiger partial charge in [0, 0.05) is 87.7 Å². The number of nitrogens with two attached hydrogens (primary N) is 1. The number of aromatic nitrogens is 1. The average molecular weight is 576 g/mol. The van der Waals surface area contributed by atoms with Crippen LogP contribution in [-0.4, -0.2) is 86.2 Å². The summed E-state index contributed by atoms with van der Waals surface area (Å²) in [6.45, 7) is 9.77. The molecule has 0 saturated carbocycles. The lowest BCUT2D eigenvalue weighted by molar-refractivity contribution is 0.256. The smallest absolute Gasteiger partial charge is 0.191 e. The molecule has 0 bridgehead atoms. The Morgan fingerprint density at radius 2 is 1.81 bits per heavy atom. The minimum atomic E-state index is 0. The molecule has 2 N–H and O–H groups in total. The van der Waals surface area contributed by atoms with Gasteiger partial charge in [0.05, 0.1) is 0 Å². The first-order valence-electron chi connectivity index (χ1n) is 10.6. The van der Waals surface area contributed by atoms with Crippen LogP contribution in [0.25, 0.3) is 0 Å². The summed E-state index contributed by atoms with van der Waals surface area (Å²) >= 11 is 7.81. The SMILES string of the molecule is I.NC(=NCCCN1CCN(c2cccc(Cl)c2)CC1)N1CCN(c2nccs2)CC1. The van der Waals surface area contributed by atoms with Gasteiger partial charge in [-0.1, -0.05) is 17.7 Å². The van der Waals surface area contributed by atoms with Crippen molar-refractivity contribution in [3.8, 4) is 0 Å². The number of nitrogens with zero attached hydrogens (tertiary/aromatic N) is 6. The maximum Gasteiger partial charge on any atom is 0.191 e. The van der Waals surface area contributed by atoms with Crippen molar-refractivity contribution in [3.05, 3.63) is 40.9 Å². The summed E-state index contributed by atoms with van der Waals surface area (Å²) in [5, 5.41) is 3.92. The highest BCUT2D eigenvalue weighted by Crippen LogP contribution is 2.21. The molecule has 170 valence electrons. The molecule has 2 saturated heterocycles. The normalized spacial score (nSPS) is 18.2. The van der Waals surface area contributed by atoms with Gasteiger partial charge in [0.2, 0.25) is 0 Å². The molecule has 0 unspecified atom stereocenters. The van der Waals surface area contributed by atoms with Gasteiger partial charge in [0.15, 0.2) is 11.1 Å². The number of aliphatic imine (C=N–C) groups is 1. The molecular weight excluding hydrogens is 545 g/mol. The second kappa shape index (κ2) is 12.1. The van der Waals surface area contributed by atoms with Crippen molar-refractivity contribution in [2.24, 2.45) is 10.7 Å². The molecular formula is C21H31ClIN7S. The molecule has 0 radical (unpaired) electrons. The molecule has 2 aromatic rings. The number of anilines is 2. The second-order valence-electron chi connectivity index (χ2n) is 7.69. The molecule has 0 amide bonds. The maximum absolute atomic E-state index is 6.24. The highest BCUT2D eigenvalue weighted by atomic mass is 127. The minimum absolute atomic E-state index is 0. The summed E-state index contributed by atoms with van der Waals surface area (Å²) in [6.07, 6.45) is 2.90. The summed E-state index contributed by atoms with van der Waals surface area (Å²) in [4.78, 5) is 18.4. The highest BCUT2D eigenvalue weighted by Gasteiger charge is 2.20. The first-order chi connectivity index (χ1) is 14.7. The average Bonchev–Trinajstić information content (AvgIpc) is 3.32. The zero-order chi connectivity index (χ0) is 20.8. The van der Waals surface area contributed by atoms with Crippen molar-refractivity contribution in [2.75, 3.05) is 75.2 Å². The zero-order valence-corrected chi connectivity index (χ0v) is 21.6. The first kappa shape index (κ1) is 24.3. The molecule has 1 aromatic carbocycles. The van der Waals surface area contributed by atoms with Crippen LogP contribution in [0.5, 0.6) is 0 Å². The van der Waals surface area contributed by atoms with Gasteiger partial charge in [0.1, 0.15) is 0 Å². The molecule has 2 aliphatic heterocycles. The quantitative estimate of drug-likeness (QED) is 0.247. The Morgan fingerprint density at radius 1 is 1.06 bits per heavy atom. The molecule has 10 heteroatoms. The Kier molecular flexibility index (Phi) is 9.48. The van der Waals surface area contributed by atoms with Gasteiger partial charge in [-0.05, 0) is 24.6 Å². The fraction of sp³-hybridized carbons (Fsp3) is 0.524. The van der Waals surface area contributed by atoms with E-state index in [0.717, 1.165) is 82.0 Å². The lowest BCUT2D eigenvalue weighted by Gasteiger charge is -2.36. The van der Waals surface area contributed by atoms with Crippen molar-refractivity contribution in [2.45, 2.75) is 6.42 Å². The lowest BCUT2D eigenvalue weighted by atomic mass is 10.2. The van der Waals surface area contributed by atoms with Gasteiger partial charge in [0.25, 0.3) is 0 Å². The van der Waals surface area contributed by atoms with E-state index >= 15 is 0 Å². The Hall–Kier alpha value is -1.30. The van der Waals surface area contributed by atoms with Gasteiger partial charge < -0.3 is 20.4 Å². The summed E-state index contributed by atoms with van der Waals surface area (Å²) in [6, 6.07) is 8.13. The number of hydrogen-bond acceptors (Lipinski definition) is 6. The van der Waals surface area contributed by atoms with Crippen LogP contribution in [0.4, 0.5) is 10.8 Å². The molecule has 3 heterocycles. The van der Waals surface area contributed by atoms with E-state index in [4.69, 9.17) is 17.3 Å². The van der Waals surface area contributed by atoms with Crippen molar-refractivity contribution >= 4 is 63.7 Å². The fourth-order valence-corrected chi connectivity index (χ4v) is 4.87. The Morgan fingerprint density at radius 3 is 2.48 bits per heavy atom. The number of halogens is 2. The highest BCUT2D eigenvalue weighted by molar-refractivity contribution is 14.0. The third-order valence-corrected chi connectivity index (χ3v) is 6.81. The van der Waals surface area contributed by atoms with Crippen LogP contribution in [0.3, 0.4) is 0 Å². The van der Waals surface area contributed by atoms with Gasteiger partial charge in [-0.2, -0.15) is 0 Å². The van der Waals surface area contributed by atoms with Crippen LogP contribution in [0, 0.1) is 0 Å². The van der Waals surface area contributed by atoms with Crippen molar-refractivity contribution in [1.82, 2.24) is 14.8 Å². The van der Waals surface area contributed by atoms with E-state index in [2.05, 4.69) is 35.6 Å². The van der Waals surface area contributed by atoms with Crippen molar-refractivity contribution in [1.29, 1.82) is 0 Å². The number of benzene rings is 1. The lowest BCUT2D eigenvalue weighted by Crippen LogP contribution is -2.51. The summed E-state index contributed by atoms with van der Waals surface area (Å²) in [5.74, 6) is 0.680. The first-order valence-corrected chi connectivity index (χ1v) is 11.9. The topological polar surface area (TPSA) is 64.2 Å². The summed E-state index contributed by atoms with van der Waals surface area (Å²) in [5.41, 5.74) is 7.46. The molecule has 0 aliphatic carbocycles. The summed E-state index contributed by atoms with van der Waals surface area (Å²) < 4.78 is 0. The Labute approximate surface area is 210 Å². The third kappa shape index (κ3) is 6.84. The monoisotopic (exact) mass is 575 g/mol. The van der Waals surface area contributed by atoms with Crippen LogP contribution in [0.2, 0.25) is 5.02 Å². The van der Waals surface area contributed by atoms with Gasteiger partial charge in [-0.15, -0.1) is 35.3 Å². The molecule has 31 heavy (non-hydrogen) atoms. The number of rotatable bonds is 6. The Bertz CT molecular complexity index is 819. The number of hydrogen-bond donors (Lipinski definition) is 1. The van der Waals surface area contributed by atoms with E-state index in [-0.39, 0.29) is 24.0 Å². The molecule has 4 rings (SSSR count). The number of thiazole rings is 1. The molecule has 0 spiro atoms. The second-order valence-corrected chi connectivity index (χ2v) is 9.00. The van der Waals surface area contributed by atoms with Gasteiger partial charge in [-0.3, -0.25) is 9.89 Å². The molecule has 2 aliphatic rings. The predicted octanol–water partition coefficient (Wildman–Crippen LogP) is 3.06. The van der Waals surface area contributed by atoms with Crippen LogP contribution in [-0.2, 0) is 0 Å². The van der Waals surface area contributed by atoms with E-state index in [0.29, 0.717) is 5.96 Å². The van der Waals surface area contributed by atoms with E-state index in [1.807, 2.05) is 29.8 Å². The van der Waals surface area contributed by atoms with E-state index < -0.39 is 0 Å². The zero-order valence-electron chi connectivity index (χ0n) is 17.7. The number of piperazine rings is 2. The van der Waals surface area contributed by atoms with Crippen LogP contribution >= 0.6 is 46.9 Å². The van der Waals surface area contributed by atoms with Crippen molar-refractivity contribution < 1.29 is 0 Å². The minimum Gasteiger partial charge on any atom is -0.370 e. The Balaban J connectivity index is 0.00000272. The van der Waals surface area contributed by atoms with Crippen molar-refractivity contribution in [3.63, 3.8) is 0 Å². The van der Waals surface area contributed by atoms with Crippen LogP contribution < -0.4 is 15.5 Å². The van der Waals surface area contributed by atoms with Crippen LogP contribution in [0.1, 0.15) is 6.42 Å². The van der Waals surface area contributed by atoms with E-state index in [9.17, 15) is 0 Å². The standard InChI is InChI=1S/C21H30ClN7S.HI/c22-18-3-1-4-19(17-18)27-10-8-26(9-11-27)7-2-5-24-20(23)28-12-14-29(15-13-28)21-25-6-16-30-21;/h1,3-4,6,16-17H,2,5,7-15H2,(H2,23,24);1H. The van der Waals surface area contributed by atoms with E-state index in [1.165, 1.54) is 5.69 Å². The fourth-order valence-electron chi connectivity index (χ4n) is 3.99. The molecule has 0 atom stereocenters. The largest absolute Gasteiger partial charge is 0.370 e. The predicted molar refractivity (Wildman–Crippen MR) is 143 cm³/mol. The summed E-state index contributed by atoms with van der Waals surface area (Å²) in [7, 11) is 0. The maximum atomic E-state index is 6.24. The van der Waals surface area contributed by atoms with Gasteiger partial charge >= 0.3 is 0 Å². The molecule has 1 aromatic heterocycles. The molecule has 7 nitrogen and oxygen atoms in total. The van der Waals surface area contributed by atoms with E-state index in [1.54, 1.807) is 11.3 Å².